The first-order valence-electron chi connectivity index (χ1n) is 8.36. The van der Waals surface area contributed by atoms with Crippen molar-refractivity contribution >= 4 is 17.4 Å². The molecule has 5 nitrogen and oxygen atoms in total. The summed E-state index contributed by atoms with van der Waals surface area (Å²) < 4.78 is 0. The third-order valence-electron chi connectivity index (χ3n) is 3.98. The minimum absolute atomic E-state index is 0.273. The molecule has 0 bridgehead atoms. The summed E-state index contributed by atoms with van der Waals surface area (Å²) in [6.07, 6.45) is 3.17. The molecule has 1 rings (SSSR count). The molecule has 0 spiro atoms. The minimum Gasteiger partial charge on any atom is -0.388 e. The van der Waals surface area contributed by atoms with Gasteiger partial charge in [-0.15, -0.1) is 0 Å². The summed E-state index contributed by atoms with van der Waals surface area (Å²) in [4.78, 5) is 14.1. The van der Waals surface area contributed by atoms with Crippen LogP contribution in [0.15, 0.2) is 18.2 Å². The summed E-state index contributed by atoms with van der Waals surface area (Å²) in [6.45, 7) is 6.31. The zero-order valence-corrected chi connectivity index (χ0v) is 15.1. The van der Waals surface area contributed by atoms with Crippen LogP contribution in [0.4, 0.5) is 16.2 Å². The van der Waals surface area contributed by atoms with Crippen LogP contribution in [0.5, 0.6) is 0 Å². The Morgan fingerprint density at radius 2 is 1.83 bits per heavy atom. The van der Waals surface area contributed by atoms with Gasteiger partial charge in [0, 0.05) is 32.0 Å². The highest BCUT2D eigenvalue weighted by Gasteiger charge is 2.25. The van der Waals surface area contributed by atoms with Gasteiger partial charge in [-0.2, -0.15) is 0 Å². The van der Waals surface area contributed by atoms with Crippen molar-refractivity contribution in [2.75, 3.05) is 30.9 Å². The van der Waals surface area contributed by atoms with E-state index in [1.807, 2.05) is 58.0 Å². The van der Waals surface area contributed by atoms with Gasteiger partial charge in [-0.05, 0) is 43.5 Å². The Balaban J connectivity index is 2.63. The lowest BCUT2D eigenvalue weighted by molar-refractivity contribution is 0.0245. The van der Waals surface area contributed by atoms with Gasteiger partial charge in [-0.3, -0.25) is 0 Å². The number of carbonyl (C=O) groups excluding carboxylic acids is 1. The number of carbonyl (C=O) groups is 1. The van der Waals surface area contributed by atoms with E-state index < -0.39 is 5.60 Å². The van der Waals surface area contributed by atoms with E-state index in [2.05, 4.69) is 10.6 Å². The van der Waals surface area contributed by atoms with Gasteiger partial charge >= 0.3 is 6.03 Å². The number of nitrogens with one attached hydrogen (secondary N) is 2. The lowest BCUT2D eigenvalue weighted by Crippen LogP contribution is -2.44. The van der Waals surface area contributed by atoms with E-state index >= 15 is 0 Å². The van der Waals surface area contributed by atoms with Crippen molar-refractivity contribution in [1.82, 2.24) is 5.32 Å². The summed E-state index contributed by atoms with van der Waals surface area (Å²) in [6, 6.07) is 5.61. The van der Waals surface area contributed by atoms with Crippen LogP contribution in [0.3, 0.4) is 0 Å². The molecule has 0 aliphatic rings. The number of hydrogen-bond acceptors (Lipinski definition) is 3. The Hall–Kier alpha value is -1.75. The largest absolute Gasteiger partial charge is 0.388 e. The summed E-state index contributed by atoms with van der Waals surface area (Å²) in [5.41, 5.74) is 2.06. The number of amides is 2. The average molecular weight is 321 g/mol. The molecule has 2 amide bonds. The van der Waals surface area contributed by atoms with Gasteiger partial charge in [0.05, 0.1) is 5.60 Å². The number of anilines is 2. The van der Waals surface area contributed by atoms with Crippen LogP contribution in [0.25, 0.3) is 0 Å². The van der Waals surface area contributed by atoms with Crippen molar-refractivity contribution in [3.8, 4) is 0 Å². The third-order valence-corrected chi connectivity index (χ3v) is 3.98. The molecule has 0 heterocycles. The minimum atomic E-state index is -0.815. The van der Waals surface area contributed by atoms with Crippen molar-refractivity contribution < 1.29 is 9.90 Å². The molecule has 23 heavy (non-hydrogen) atoms. The Bertz CT molecular complexity index is 509. The molecule has 0 aliphatic heterocycles. The molecule has 1 aromatic carbocycles. The van der Waals surface area contributed by atoms with Crippen LogP contribution in [-0.2, 0) is 0 Å². The van der Waals surface area contributed by atoms with Crippen LogP contribution < -0.4 is 15.5 Å². The molecule has 0 fully saturated rings. The van der Waals surface area contributed by atoms with Crippen LogP contribution in [-0.4, -0.2) is 37.4 Å². The molecule has 130 valence electrons. The lowest BCUT2D eigenvalue weighted by Gasteiger charge is -2.27. The molecule has 0 aromatic heterocycles. The van der Waals surface area contributed by atoms with Crippen molar-refractivity contribution in [2.24, 2.45) is 0 Å². The van der Waals surface area contributed by atoms with Gasteiger partial charge < -0.3 is 20.6 Å². The maximum Gasteiger partial charge on any atom is 0.319 e. The van der Waals surface area contributed by atoms with Crippen molar-refractivity contribution in [3.63, 3.8) is 0 Å². The molecule has 0 saturated carbocycles. The van der Waals surface area contributed by atoms with E-state index in [0.29, 0.717) is 12.8 Å². The molecule has 0 aliphatic carbocycles. The molecule has 1 aromatic rings. The monoisotopic (exact) mass is 321 g/mol. The highest BCUT2D eigenvalue weighted by molar-refractivity contribution is 5.90. The zero-order chi connectivity index (χ0) is 17.5. The molecular formula is C18H31N3O2. The standard InChI is InChI=1S/C18H31N3O2/c1-6-10-18(23,11-7-2)13-19-17(22)20-16-9-8-15(21(4)5)12-14(16)3/h8-9,12,23H,6-7,10-11,13H2,1-5H3,(H2,19,20,22). The number of aliphatic hydroxyl groups is 1. The summed E-state index contributed by atoms with van der Waals surface area (Å²) in [7, 11) is 3.97. The Morgan fingerprint density at radius 1 is 1.22 bits per heavy atom. The summed E-state index contributed by atoms with van der Waals surface area (Å²) >= 11 is 0. The van der Waals surface area contributed by atoms with Crippen LogP contribution in [0.2, 0.25) is 0 Å². The number of urea groups is 1. The Kier molecular flexibility index (Phi) is 7.36. The van der Waals surface area contributed by atoms with E-state index in [0.717, 1.165) is 29.8 Å². The van der Waals surface area contributed by atoms with E-state index in [-0.39, 0.29) is 12.6 Å². The molecule has 0 radical (unpaired) electrons. The van der Waals surface area contributed by atoms with Gasteiger partial charge in [-0.1, -0.05) is 26.7 Å². The molecule has 0 atom stereocenters. The van der Waals surface area contributed by atoms with Gasteiger partial charge in [-0.25, -0.2) is 4.79 Å². The first-order valence-corrected chi connectivity index (χ1v) is 8.36. The number of hydrogen-bond donors (Lipinski definition) is 3. The van der Waals surface area contributed by atoms with Crippen LogP contribution >= 0.6 is 0 Å². The topological polar surface area (TPSA) is 64.6 Å². The second kappa shape index (κ2) is 8.77. The third kappa shape index (κ3) is 6.10. The van der Waals surface area contributed by atoms with Crippen molar-refractivity contribution in [3.05, 3.63) is 23.8 Å². The quantitative estimate of drug-likeness (QED) is 0.686. The number of rotatable bonds is 8. The van der Waals surface area contributed by atoms with Crippen LogP contribution in [0.1, 0.15) is 45.1 Å². The fraction of sp³-hybridized carbons (Fsp3) is 0.611. The normalized spacial score (nSPS) is 11.2. The smallest absolute Gasteiger partial charge is 0.319 e. The average Bonchev–Trinajstić information content (AvgIpc) is 2.48. The molecule has 0 saturated heterocycles. The second-order valence-electron chi connectivity index (χ2n) is 6.43. The fourth-order valence-corrected chi connectivity index (χ4v) is 2.71. The molecule has 0 unspecified atom stereocenters. The molecule has 3 N–H and O–H groups in total. The molecule has 5 heteroatoms. The van der Waals surface area contributed by atoms with Crippen molar-refractivity contribution in [2.45, 2.75) is 52.1 Å². The first kappa shape index (κ1) is 19.3. The predicted molar refractivity (Wildman–Crippen MR) is 97.3 cm³/mol. The maximum absolute atomic E-state index is 12.1. The Morgan fingerprint density at radius 3 is 2.30 bits per heavy atom. The SMILES string of the molecule is CCCC(O)(CCC)CNC(=O)Nc1ccc(N(C)C)cc1C. The highest BCUT2D eigenvalue weighted by atomic mass is 16.3. The van der Waals surface area contributed by atoms with E-state index in [1.165, 1.54) is 0 Å². The van der Waals surface area contributed by atoms with Gasteiger partial charge in [0.2, 0.25) is 0 Å². The highest BCUT2D eigenvalue weighted by Crippen LogP contribution is 2.22. The Labute approximate surface area is 140 Å². The second-order valence-corrected chi connectivity index (χ2v) is 6.43. The van der Waals surface area contributed by atoms with Crippen LogP contribution in [0, 0.1) is 6.92 Å². The molecular weight excluding hydrogens is 290 g/mol. The number of nitrogens with zero attached hydrogens (tertiary/aromatic N) is 1. The van der Waals surface area contributed by atoms with E-state index in [9.17, 15) is 9.90 Å². The summed E-state index contributed by atoms with van der Waals surface area (Å²) in [5.74, 6) is 0. The number of aryl methyl sites for hydroxylation is 1. The van der Waals surface area contributed by atoms with E-state index in [1.54, 1.807) is 0 Å². The fourth-order valence-electron chi connectivity index (χ4n) is 2.71. The first-order chi connectivity index (χ1) is 10.8. The maximum atomic E-state index is 12.1. The lowest BCUT2D eigenvalue weighted by atomic mass is 9.93. The van der Waals surface area contributed by atoms with Crippen molar-refractivity contribution in [1.29, 1.82) is 0 Å². The zero-order valence-electron chi connectivity index (χ0n) is 15.1. The van der Waals surface area contributed by atoms with Gasteiger partial charge in [0.15, 0.2) is 0 Å². The number of benzene rings is 1. The van der Waals surface area contributed by atoms with E-state index in [4.69, 9.17) is 0 Å². The summed E-state index contributed by atoms with van der Waals surface area (Å²) in [5, 5.41) is 16.2. The van der Waals surface area contributed by atoms with Gasteiger partial charge in [0.25, 0.3) is 0 Å². The van der Waals surface area contributed by atoms with Gasteiger partial charge in [0.1, 0.15) is 0 Å². The predicted octanol–water partition coefficient (Wildman–Crippen LogP) is 3.51.